The third-order valence-corrected chi connectivity index (χ3v) is 6.90. The number of likely N-dealkylation sites (tertiary alicyclic amines) is 1. The van der Waals surface area contributed by atoms with Crippen molar-refractivity contribution in [3.8, 4) is 0 Å². The van der Waals surface area contributed by atoms with Gasteiger partial charge in [-0.15, -0.1) is 13.2 Å². The summed E-state index contributed by atoms with van der Waals surface area (Å²) >= 11 is 0. The first-order valence-corrected chi connectivity index (χ1v) is 13.8. The Kier molecular flexibility index (Phi) is 11.8. The molecule has 0 aromatic heterocycles. The van der Waals surface area contributed by atoms with E-state index in [2.05, 4.69) is 18.5 Å². The van der Waals surface area contributed by atoms with Gasteiger partial charge in [-0.05, 0) is 29.9 Å². The molecule has 2 aliphatic rings. The maximum absolute atomic E-state index is 13.6. The zero-order chi connectivity index (χ0) is 30.1. The minimum Gasteiger partial charge on any atom is -0.449 e. The molecule has 9 heteroatoms. The first kappa shape index (κ1) is 32.9. The van der Waals surface area contributed by atoms with E-state index < -0.39 is 35.8 Å². The molecule has 2 aliphatic heterocycles. The highest BCUT2D eigenvalue weighted by atomic mass is 16.6. The number of benzene rings is 1. The van der Waals surface area contributed by atoms with Crippen molar-refractivity contribution in [3.63, 3.8) is 0 Å². The lowest BCUT2D eigenvalue weighted by Crippen LogP contribution is -2.56. The van der Waals surface area contributed by atoms with Crippen molar-refractivity contribution < 1.29 is 29.0 Å². The van der Waals surface area contributed by atoms with Crippen LogP contribution in [0.15, 0.2) is 49.6 Å². The van der Waals surface area contributed by atoms with E-state index in [9.17, 15) is 19.5 Å². The Bertz CT molecular complexity index is 1020. The number of hydrogen-bond donors (Lipinski definition) is 2. The van der Waals surface area contributed by atoms with Gasteiger partial charge in [0.1, 0.15) is 12.1 Å². The van der Waals surface area contributed by atoms with Crippen LogP contribution in [0.25, 0.3) is 0 Å². The Hall–Kier alpha value is -3.33. The summed E-state index contributed by atoms with van der Waals surface area (Å²) in [5.41, 5.74) is 1.29. The number of amides is 3. The second-order valence-corrected chi connectivity index (χ2v) is 12.3. The summed E-state index contributed by atoms with van der Waals surface area (Å²) in [5.74, 6) is -0.346. The number of rotatable bonds is 8. The summed E-state index contributed by atoms with van der Waals surface area (Å²) < 4.78 is 11.2. The summed E-state index contributed by atoms with van der Waals surface area (Å²) in [6.07, 6.45) is 2.86. The molecule has 1 aromatic carbocycles. The highest BCUT2D eigenvalue weighted by molar-refractivity contribution is 5.87. The van der Waals surface area contributed by atoms with Crippen LogP contribution in [0, 0.1) is 10.8 Å². The molecular weight excluding hydrogens is 510 g/mol. The smallest absolute Gasteiger partial charge is 0.410 e. The van der Waals surface area contributed by atoms with Gasteiger partial charge in [0.05, 0.1) is 25.8 Å². The number of allylic oxidation sites excluding steroid dienone is 2. The van der Waals surface area contributed by atoms with Crippen LogP contribution in [-0.4, -0.2) is 70.9 Å². The number of aliphatic hydroxyl groups excluding tert-OH is 1. The zero-order valence-electron chi connectivity index (χ0n) is 24.9. The number of aliphatic hydroxyl groups is 1. The summed E-state index contributed by atoms with van der Waals surface area (Å²) in [6.45, 7) is 19.5. The molecule has 0 saturated carbocycles. The largest absolute Gasteiger partial charge is 0.449 e. The monoisotopic (exact) mass is 557 g/mol. The van der Waals surface area contributed by atoms with Gasteiger partial charge in [0.2, 0.25) is 5.91 Å². The van der Waals surface area contributed by atoms with Crippen molar-refractivity contribution in [2.75, 3.05) is 19.8 Å². The number of alkyl carbamates (subject to hydrolysis) is 1. The molecule has 0 aliphatic carbocycles. The van der Waals surface area contributed by atoms with E-state index in [-0.39, 0.29) is 31.1 Å². The van der Waals surface area contributed by atoms with Crippen LogP contribution in [0.5, 0.6) is 0 Å². The van der Waals surface area contributed by atoms with Gasteiger partial charge >= 0.3 is 12.2 Å². The average molecular weight is 558 g/mol. The second-order valence-electron chi connectivity index (χ2n) is 12.3. The highest BCUT2D eigenvalue weighted by Crippen LogP contribution is 2.29. The van der Waals surface area contributed by atoms with Gasteiger partial charge in [-0.2, -0.15) is 0 Å². The fourth-order valence-corrected chi connectivity index (χ4v) is 4.77. The van der Waals surface area contributed by atoms with Gasteiger partial charge in [-0.3, -0.25) is 9.69 Å². The molecule has 40 heavy (non-hydrogen) atoms. The minimum atomic E-state index is -0.890. The SMILES string of the molecule is C=CC.C=CCC(C)(C)COC(=O)N[C@H](C(=O)N1C[C@H](OC(=O)N2Cc3ccccc3C2)CC1CO)C(C)(C)C. The van der Waals surface area contributed by atoms with Gasteiger partial charge in [-0.1, -0.05) is 71.0 Å². The van der Waals surface area contributed by atoms with Gasteiger partial charge in [0.15, 0.2) is 0 Å². The summed E-state index contributed by atoms with van der Waals surface area (Å²) in [4.78, 5) is 42.2. The number of carbonyl (C=O) groups is 3. The lowest BCUT2D eigenvalue weighted by molar-refractivity contribution is -0.137. The molecule has 9 nitrogen and oxygen atoms in total. The Morgan fingerprint density at radius 3 is 2.20 bits per heavy atom. The molecule has 3 rings (SSSR count). The Morgan fingerprint density at radius 2 is 1.70 bits per heavy atom. The molecule has 222 valence electrons. The first-order chi connectivity index (χ1) is 18.8. The van der Waals surface area contributed by atoms with E-state index in [0.717, 1.165) is 11.1 Å². The molecular formula is C31H47N3O6. The van der Waals surface area contributed by atoms with E-state index in [4.69, 9.17) is 9.47 Å². The lowest BCUT2D eigenvalue weighted by atomic mass is 9.85. The average Bonchev–Trinajstić information content (AvgIpc) is 3.49. The van der Waals surface area contributed by atoms with Crippen LogP contribution in [-0.2, 0) is 27.4 Å². The third-order valence-electron chi connectivity index (χ3n) is 6.90. The molecule has 0 spiro atoms. The molecule has 1 unspecified atom stereocenters. The number of ether oxygens (including phenoxy) is 2. The third kappa shape index (κ3) is 9.11. The van der Waals surface area contributed by atoms with E-state index in [1.165, 1.54) is 4.90 Å². The zero-order valence-corrected chi connectivity index (χ0v) is 24.9. The summed E-state index contributed by atoms with van der Waals surface area (Å²) in [5, 5.41) is 12.7. The fraction of sp³-hybridized carbons (Fsp3) is 0.581. The van der Waals surface area contributed by atoms with Gasteiger partial charge < -0.3 is 24.8 Å². The maximum Gasteiger partial charge on any atom is 0.410 e. The van der Waals surface area contributed by atoms with Gasteiger partial charge in [0.25, 0.3) is 0 Å². The minimum absolute atomic E-state index is 0.145. The molecule has 0 bridgehead atoms. The van der Waals surface area contributed by atoms with Gasteiger partial charge in [0, 0.05) is 24.9 Å². The van der Waals surface area contributed by atoms with Crippen molar-refractivity contribution in [2.45, 2.75) is 85.7 Å². The van der Waals surface area contributed by atoms with Crippen LogP contribution >= 0.6 is 0 Å². The number of hydrogen-bond acceptors (Lipinski definition) is 6. The molecule has 1 fully saturated rings. The predicted octanol–water partition coefficient (Wildman–Crippen LogP) is 5.04. The molecule has 3 atom stereocenters. The second kappa shape index (κ2) is 14.3. The summed E-state index contributed by atoms with van der Waals surface area (Å²) in [6, 6.07) is 6.46. The van der Waals surface area contributed by atoms with E-state index in [1.807, 2.05) is 65.8 Å². The Labute approximate surface area is 239 Å². The molecule has 2 heterocycles. The van der Waals surface area contributed by atoms with E-state index >= 15 is 0 Å². The van der Waals surface area contributed by atoms with E-state index in [1.54, 1.807) is 17.1 Å². The van der Waals surface area contributed by atoms with Crippen LogP contribution in [0.4, 0.5) is 9.59 Å². The summed E-state index contributed by atoms with van der Waals surface area (Å²) in [7, 11) is 0. The van der Waals surface area contributed by atoms with Crippen LogP contribution in [0.1, 0.15) is 65.5 Å². The number of nitrogens with one attached hydrogen (secondary N) is 1. The first-order valence-electron chi connectivity index (χ1n) is 13.8. The Morgan fingerprint density at radius 1 is 1.12 bits per heavy atom. The number of fused-ring (bicyclic) bond motifs is 1. The fourth-order valence-electron chi connectivity index (χ4n) is 4.77. The van der Waals surface area contributed by atoms with E-state index in [0.29, 0.717) is 25.9 Å². The van der Waals surface area contributed by atoms with Crippen molar-refractivity contribution in [3.05, 3.63) is 60.7 Å². The van der Waals surface area contributed by atoms with Crippen LogP contribution in [0.2, 0.25) is 0 Å². The van der Waals surface area contributed by atoms with Crippen LogP contribution in [0.3, 0.4) is 0 Å². The van der Waals surface area contributed by atoms with Gasteiger partial charge in [-0.25, -0.2) is 9.59 Å². The van der Waals surface area contributed by atoms with Crippen molar-refractivity contribution in [1.29, 1.82) is 0 Å². The highest BCUT2D eigenvalue weighted by Gasteiger charge is 2.44. The molecule has 3 amide bonds. The number of nitrogens with zero attached hydrogens (tertiary/aromatic N) is 2. The van der Waals surface area contributed by atoms with Crippen molar-refractivity contribution >= 4 is 18.1 Å². The lowest BCUT2D eigenvalue weighted by Gasteiger charge is -2.35. The molecule has 2 N–H and O–H groups in total. The predicted molar refractivity (Wildman–Crippen MR) is 155 cm³/mol. The normalized spacial score (nSPS) is 19.1. The molecule has 0 radical (unpaired) electrons. The number of carbonyl (C=O) groups excluding carboxylic acids is 3. The molecule has 1 aromatic rings. The topological polar surface area (TPSA) is 108 Å². The quantitative estimate of drug-likeness (QED) is 0.434. The maximum atomic E-state index is 13.6. The molecule has 1 saturated heterocycles. The van der Waals surface area contributed by atoms with Crippen molar-refractivity contribution in [2.24, 2.45) is 10.8 Å². The van der Waals surface area contributed by atoms with Crippen LogP contribution < -0.4 is 5.32 Å². The Balaban J connectivity index is 0.00000178. The van der Waals surface area contributed by atoms with Crippen molar-refractivity contribution in [1.82, 2.24) is 15.1 Å². The standard InChI is InChI=1S/C28H41N3O6.C3H6/c1-7-12-28(5,6)18-36-25(34)29-23(27(2,3)4)24(33)31-16-22(13-21(31)17-32)37-26(35)30-14-19-10-8-9-11-20(19)15-30;1-3-2/h7-11,21-23,32H,1,12-18H2,2-6H3,(H,29,34);3H,1H2,2H3/t21?,22-,23-;/m1./s1.